The van der Waals surface area contributed by atoms with Crippen LogP contribution in [0, 0.1) is 3.70 Å². The van der Waals surface area contributed by atoms with Crippen LogP contribution in [0.2, 0.25) is 0 Å². The van der Waals surface area contributed by atoms with Crippen LogP contribution in [-0.4, -0.2) is 15.0 Å². The van der Waals surface area contributed by atoms with E-state index in [1.165, 1.54) is 0 Å². The molecule has 1 aromatic carbocycles. The monoisotopic (exact) mass is 321 g/mol. The third-order valence-corrected chi connectivity index (χ3v) is 2.96. The summed E-state index contributed by atoms with van der Waals surface area (Å²) < 4.78 is 0.955. The van der Waals surface area contributed by atoms with Crippen LogP contribution in [0.25, 0.3) is 22.6 Å². The number of aromatic nitrogens is 3. The highest BCUT2D eigenvalue weighted by Crippen LogP contribution is 2.19. The Morgan fingerprint density at radius 3 is 2.56 bits per heavy atom. The first-order chi connectivity index (χ1) is 7.83. The zero-order valence-electron chi connectivity index (χ0n) is 8.31. The molecule has 0 radical (unpaired) electrons. The van der Waals surface area contributed by atoms with Gasteiger partial charge < -0.3 is 4.98 Å². The third-order valence-electron chi connectivity index (χ3n) is 2.36. The van der Waals surface area contributed by atoms with Crippen LogP contribution in [0.15, 0.2) is 42.5 Å². The van der Waals surface area contributed by atoms with Crippen molar-refractivity contribution < 1.29 is 0 Å². The van der Waals surface area contributed by atoms with E-state index >= 15 is 0 Å². The second-order valence-electron chi connectivity index (χ2n) is 3.46. The second-order valence-corrected chi connectivity index (χ2v) is 4.56. The molecular formula is C12H8IN3. The van der Waals surface area contributed by atoms with Crippen LogP contribution in [0.4, 0.5) is 0 Å². The first-order valence-electron chi connectivity index (χ1n) is 4.90. The Kier molecular flexibility index (Phi) is 2.36. The number of nitrogens with one attached hydrogen (secondary N) is 1. The highest BCUT2D eigenvalue weighted by Gasteiger charge is 2.05. The maximum absolute atomic E-state index is 4.47. The molecule has 2 heterocycles. The van der Waals surface area contributed by atoms with Crippen molar-refractivity contribution in [2.75, 3.05) is 0 Å². The van der Waals surface area contributed by atoms with Gasteiger partial charge in [0.15, 0.2) is 5.65 Å². The van der Waals surface area contributed by atoms with Gasteiger partial charge in [0.05, 0.1) is 5.52 Å². The summed E-state index contributed by atoms with van der Waals surface area (Å²) in [5.41, 5.74) is 2.82. The largest absolute Gasteiger partial charge is 0.337 e. The van der Waals surface area contributed by atoms with Crippen molar-refractivity contribution in [1.29, 1.82) is 0 Å². The highest BCUT2D eigenvalue weighted by atomic mass is 127. The minimum absolute atomic E-state index is 0.769. The topological polar surface area (TPSA) is 41.6 Å². The normalized spacial score (nSPS) is 10.8. The molecule has 3 nitrogen and oxygen atoms in total. The summed E-state index contributed by atoms with van der Waals surface area (Å²) in [4.78, 5) is 12.1. The van der Waals surface area contributed by atoms with E-state index in [9.17, 15) is 0 Å². The van der Waals surface area contributed by atoms with Gasteiger partial charge in [-0.25, -0.2) is 9.97 Å². The van der Waals surface area contributed by atoms with Crippen LogP contribution < -0.4 is 0 Å². The Balaban J connectivity index is 2.19. The Labute approximate surface area is 106 Å². The van der Waals surface area contributed by atoms with Crippen LogP contribution in [0.3, 0.4) is 0 Å². The summed E-state index contributed by atoms with van der Waals surface area (Å²) in [6.45, 7) is 0. The number of fused-ring (bicyclic) bond motifs is 1. The lowest BCUT2D eigenvalue weighted by molar-refractivity contribution is 1.28. The first kappa shape index (κ1) is 9.77. The highest BCUT2D eigenvalue weighted by molar-refractivity contribution is 14.1. The van der Waals surface area contributed by atoms with Crippen LogP contribution >= 0.6 is 22.6 Å². The van der Waals surface area contributed by atoms with Crippen molar-refractivity contribution in [2.45, 2.75) is 0 Å². The van der Waals surface area contributed by atoms with Gasteiger partial charge in [0, 0.05) is 5.56 Å². The standard InChI is InChI=1S/C12H8IN3/c13-10-7-6-9-12(15-10)16-11(14-9)8-4-2-1-3-5-8/h1-7H,(H,14,15,16). The Morgan fingerprint density at radius 2 is 1.75 bits per heavy atom. The summed E-state index contributed by atoms with van der Waals surface area (Å²) >= 11 is 2.19. The van der Waals surface area contributed by atoms with Gasteiger partial charge in [0.1, 0.15) is 9.53 Å². The maximum Gasteiger partial charge on any atom is 0.179 e. The fraction of sp³-hybridized carbons (Fsp3) is 0. The van der Waals surface area contributed by atoms with Gasteiger partial charge in [0.25, 0.3) is 0 Å². The SMILES string of the molecule is Ic1ccc2[nH]c(-c3ccccc3)nc2n1. The Morgan fingerprint density at radius 1 is 0.938 bits per heavy atom. The lowest BCUT2D eigenvalue weighted by Crippen LogP contribution is -1.80. The number of aromatic amines is 1. The lowest BCUT2D eigenvalue weighted by Gasteiger charge is -1.92. The number of nitrogens with zero attached hydrogens (tertiary/aromatic N) is 2. The number of H-pyrrole nitrogens is 1. The molecule has 0 saturated carbocycles. The molecule has 3 rings (SSSR count). The molecule has 0 amide bonds. The van der Waals surface area contributed by atoms with Crippen LogP contribution in [0.1, 0.15) is 0 Å². The van der Waals surface area contributed by atoms with E-state index < -0.39 is 0 Å². The molecule has 1 N–H and O–H groups in total. The maximum atomic E-state index is 4.47. The van der Waals surface area contributed by atoms with Crippen molar-refractivity contribution in [3.63, 3.8) is 0 Å². The Hall–Kier alpha value is -1.43. The van der Waals surface area contributed by atoms with Crippen LogP contribution in [0.5, 0.6) is 0 Å². The Bertz CT molecular complexity index is 631. The van der Waals surface area contributed by atoms with Crippen molar-refractivity contribution in [2.24, 2.45) is 0 Å². The fourth-order valence-corrected chi connectivity index (χ4v) is 2.01. The van der Waals surface area contributed by atoms with Gasteiger partial charge in [0.2, 0.25) is 0 Å². The smallest absolute Gasteiger partial charge is 0.179 e. The quantitative estimate of drug-likeness (QED) is 0.552. The minimum atomic E-state index is 0.769. The van der Waals surface area contributed by atoms with E-state index in [2.05, 4.69) is 37.5 Å². The number of rotatable bonds is 1. The van der Waals surface area contributed by atoms with E-state index in [0.717, 1.165) is 26.3 Å². The van der Waals surface area contributed by atoms with Gasteiger partial charge in [-0.1, -0.05) is 30.3 Å². The molecule has 0 aliphatic heterocycles. The summed E-state index contributed by atoms with van der Waals surface area (Å²) in [6, 6.07) is 14.0. The molecule has 4 heteroatoms. The van der Waals surface area contributed by atoms with E-state index in [1.54, 1.807) is 0 Å². The molecule has 0 unspecified atom stereocenters. The molecule has 0 bridgehead atoms. The number of halogens is 1. The molecule has 2 aromatic heterocycles. The number of hydrogen-bond acceptors (Lipinski definition) is 2. The fourth-order valence-electron chi connectivity index (χ4n) is 1.60. The van der Waals surface area contributed by atoms with Gasteiger partial charge >= 0.3 is 0 Å². The van der Waals surface area contributed by atoms with Gasteiger partial charge in [-0.15, -0.1) is 0 Å². The average Bonchev–Trinajstić information content (AvgIpc) is 2.73. The van der Waals surface area contributed by atoms with Crippen molar-refractivity contribution >= 4 is 33.8 Å². The molecule has 0 spiro atoms. The molecule has 0 fully saturated rings. The van der Waals surface area contributed by atoms with E-state index in [4.69, 9.17) is 0 Å². The molecule has 0 aliphatic carbocycles. The lowest BCUT2D eigenvalue weighted by atomic mass is 10.2. The van der Waals surface area contributed by atoms with Crippen molar-refractivity contribution in [3.05, 3.63) is 46.2 Å². The number of imidazole rings is 1. The van der Waals surface area contributed by atoms with Gasteiger partial charge in [-0.2, -0.15) is 0 Å². The number of benzene rings is 1. The summed E-state index contributed by atoms with van der Waals surface area (Å²) in [5, 5.41) is 0. The first-order valence-corrected chi connectivity index (χ1v) is 5.98. The number of pyridine rings is 1. The third kappa shape index (κ3) is 1.69. The van der Waals surface area contributed by atoms with E-state index in [0.29, 0.717) is 0 Å². The number of hydrogen-bond donors (Lipinski definition) is 1. The second kappa shape index (κ2) is 3.86. The molecule has 16 heavy (non-hydrogen) atoms. The molecule has 78 valence electrons. The molecule has 0 aliphatic rings. The van der Waals surface area contributed by atoms with Gasteiger partial charge in [-0.05, 0) is 34.7 Å². The van der Waals surface area contributed by atoms with Crippen molar-refractivity contribution in [3.8, 4) is 11.4 Å². The van der Waals surface area contributed by atoms with Crippen LogP contribution in [-0.2, 0) is 0 Å². The van der Waals surface area contributed by atoms with Gasteiger partial charge in [-0.3, -0.25) is 0 Å². The summed E-state index contributed by atoms with van der Waals surface area (Å²) in [7, 11) is 0. The predicted molar refractivity (Wildman–Crippen MR) is 72.0 cm³/mol. The zero-order chi connectivity index (χ0) is 11.0. The minimum Gasteiger partial charge on any atom is -0.337 e. The average molecular weight is 321 g/mol. The summed E-state index contributed by atoms with van der Waals surface area (Å²) in [6.07, 6.45) is 0. The zero-order valence-corrected chi connectivity index (χ0v) is 10.5. The summed E-state index contributed by atoms with van der Waals surface area (Å²) in [5.74, 6) is 0.866. The van der Waals surface area contributed by atoms with E-state index in [-0.39, 0.29) is 0 Å². The molecular weight excluding hydrogens is 313 g/mol. The molecule has 0 atom stereocenters. The molecule has 0 saturated heterocycles. The van der Waals surface area contributed by atoms with E-state index in [1.807, 2.05) is 42.5 Å². The van der Waals surface area contributed by atoms with Crippen molar-refractivity contribution in [1.82, 2.24) is 15.0 Å². The predicted octanol–water partition coefficient (Wildman–Crippen LogP) is 3.23. The molecule has 3 aromatic rings.